The van der Waals surface area contributed by atoms with E-state index in [0.717, 1.165) is 0 Å². The van der Waals surface area contributed by atoms with E-state index >= 15 is 0 Å². The summed E-state index contributed by atoms with van der Waals surface area (Å²) in [6, 6.07) is 0. The van der Waals surface area contributed by atoms with E-state index in [2.05, 4.69) is 20.9 Å². The van der Waals surface area contributed by atoms with Crippen LogP contribution in [0.1, 0.15) is 17.7 Å². The predicted molar refractivity (Wildman–Crippen MR) is 49.3 cm³/mol. The summed E-state index contributed by atoms with van der Waals surface area (Å²) in [5.41, 5.74) is -1.00. The highest BCUT2D eigenvalue weighted by Gasteiger charge is 2.16. The maximum absolute atomic E-state index is 12.3. The fourth-order valence-corrected chi connectivity index (χ4v) is 1.51. The van der Waals surface area contributed by atoms with Crippen LogP contribution >= 0.6 is 27.5 Å². The van der Waals surface area contributed by atoms with Gasteiger partial charge in [0.05, 0.1) is 16.0 Å². The van der Waals surface area contributed by atoms with Gasteiger partial charge in [0.15, 0.2) is 0 Å². The van der Waals surface area contributed by atoms with E-state index in [1.54, 1.807) is 0 Å². The molecule has 0 saturated carbocycles. The Morgan fingerprint density at radius 3 is 2.69 bits per heavy atom. The van der Waals surface area contributed by atoms with Crippen LogP contribution in [0, 0.1) is 0 Å². The maximum Gasteiger partial charge on any atom is 0.278 e. The molecule has 0 bridgehead atoms. The van der Waals surface area contributed by atoms with Gasteiger partial charge in [0, 0.05) is 11.8 Å². The van der Waals surface area contributed by atoms with Gasteiger partial charge in [-0.05, 0) is 15.9 Å². The first-order valence-electron chi connectivity index (χ1n) is 3.32. The minimum absolute atomic E-state index is 0.0916. The second-order valence-corrected chi connectivity index (χ2v) is 3.41. The molecule has 1 rings (SSSR count). The van der Waals surface area contributed by atoms with Crippen LogP contribution in [0.4, 0.5) is 8.78 Å². The molecular weight excluding hydrogens is 267 g/mol. The summed E-state index contributed by atoms with van der Waals surface area (Å²) in [6.45, 7) is 0. The van der Waals surface area contributed by atoms with Crippen molar-refractivity contribution in [3.63, 3.8) is 0 Å². The first kappa shape index (κ1) is 10.7. The largest absolute Gasteiger partial charge is 0.359 e. The van der Waals surface area contributed by atoms with Crippen molar-refractivity contribution >= 4 is 27.5 Å². The van der Waals surface area contributed by atoms with E-state index in [-0.39, 0.29) is 15.9 Å². The molecule has 0 aliphatic heterocycles. The van der Waals surface area contributed by atoms with Gasteiger partial charge in [0.2, 0.25) is 5.43 Å². The lowest BCUT2D eigenvalue weighted by Crippen LogP contribution is -2.13. The van der Waals surface area contributed by atoms with Crippen LogP contribution in [-0.2, 0) is 5.88 Å². The average Bonchev–Trinajstić information content (AvgIpc) is 2.09. The van der Waals surface area contributed by atoms with Crippen LogP contribution in [0.15, 0.2) is 15.5 Å². The molecule has 1 heterocycles. The van der Waals surface area contributed by atoms with Crippen molar-refractivity contribution in [1.82, 2.24) is 4.98 Å². The number of hydrogen-bond acceptors (Lipinski definition) is 1. The van der Waals surface area contributed by atoms with Gasteiger partial charge in [-0.2, -0.15) is 0 Å². The van der Waals surface area contributed by atoms with Gasteiger partial charge in [-0.1, -0.05) is 0 Å². The normalized spacial score (nSPS) is 10.8. The minimum atomic E-state index is -2.71. The van der Waals surface area contributed by atoms with Crippen molar-refractivity contribution in [1.29, 1.82) is 0 Å². The van der Waals surface area contributed by atoms with Gasteiger partial charge in [0.1, 0.15) is 0 Å². The molecule has 0 aromatic carbocycles. The molecular formula is C7H5BrClF2NO. The fourth-order valence-electron chi connectivity index (χ4n) is 0.888. The third-order valence-electron chi connectivity index (χ3n) is 1.52. The summed E-state index contributed by atoms with van der Waals surface area (Å²) in [4.78, 5) is 13.6. The molecule has 2 nitrogen and oxygen atoms in total. The molecule has 6 heteroatoms. The van der Waals surface area contributed by atoms with Crippen molar-refractivity contribution in [2.45, 2.75) is 12.3 Å². The van der Waals surface area contributed by atoms with Gasteiger partial charge in [0.25, 0.3) is 6.43 Å². The Morgan fingerprint density at radius 1 is 1.62 bits per heavy atom. The highest BCUT2D eigenvalue weighted by atomic mass is 79.9. The number of H-pyrrole nitrogens is 1. The van der Waals surface area contributed by atoms with Gasteiger partial charge in [-0.15, -0.1) is 11.6 Å². The van der Waals surface area contributed by atoms with Crippen LogP contribution in [0.5, 0.6) is 0 Å². The van der Waals surface area contributed by atoms with E-state index in [1.165, 1.54) is 6.20 Å². The van der Waals surface area contributed by atoms with Crippen molar-refractivity contribution in [2.75, 3.05) is 0 Å². The third kappa shape index (κ3) is 2.08. The lowest BCUT2D eigenvalue weighted by Gasteiger charge is -2.05. The Morgan fingerprint density at radius 2 is 2.23 bits per heavy atom. The number of rotatable bonds is 2. The molecule has 0 aliphatic carbocycles. The zero-order valence-electron chi connectivity index (χ0n) is 6.28. The molecule has 0 fully saturated rings. The van der Waals surface area contributed by atoms with Crippen molar-refractivity contribution in [3.05, 3.63) is 32.2 Å². The molecule has 0 amide bonds. The van der Waals surface area contributed by atoms with Gasteiger partial charge < -0.3 is 4.98 Å². The first-order chi connectivity index (χ1) is 6.07. The topological polar surface area (TPSA) is 32.9 Å². The summed E-state index contributed by atoms with van der Waals surface area (Å²) in [6.07, 6.45) is -1.53. The average molecular weight is 272 g/mol. The standard InChI is InChI=1S/C7H5BrClF2NO/c8-4-2-12-5(7(10)11)3(1-9)6(4)13/h2,7H,1H2,(H,12,13). The van der Waals surface area contributed by atoms with Crippen LogP contribution < -0.4 is 5.43 Å². The van der Waals surface area contributed by atoms with Crippen LogP contribution in [0.2, 0.25) is 0 Å². The Labute approximate surface area is 86.0 Å². The summed E-state index contributed by atoms with van der Waals surface area (Å²) in [5.74, 6) is -0.228. The molecule has 0 radical (unpaired) electrons. The van der Waals surface area contributed by atoms with E-state index in [0.29, 0.717) is 0 Å². The second-order valence-electron chi connectivity index (χ2n) is 2.29. The number of aromatic nitrogens is 1. The number of alkyl halides is 3. The van der Waals surface area contributed by atoms with E-state index in [1.807, 2.05) is 0 Å². The maximum atomic E-state index is 12.3. The molecule has 0 aliphatic rings. The van der Waals surface area contributed by atoms with Crippen LogP contribution in [0.25, 0.3) is 0 Å². The Bertz CT molecular complexity index is 366. The molecule has 0 spiro atoms. The predicted octanol–water partition coefficient (Wildman–Crippen LogP) is 2.81. The van der Waals surface area contributed by atoms with Crippen molar-refractivity contribution < 1.29 is 8.78 Å². The lowest BCUT2D eigenvalue weighted by molar-refractivity contribution is 0.145. The van der Waals surface area contributed by atoms with E-state index in [4.69, 9.17) is 11.6 Å². The Hall–Kier alpha value is -0.420. The summed E-state index contributed by atoms with van der Waals surface area (Å²) in [5, 5.41) is 0. The SMILES string of the molecule is O=c1c(Br)c[nH]c(C(F)F)c1CCl. The van der Waals surface area contributed by atoms with Gasteiger partial charge in [-0.25, -0.2) is 8.78 Å². The van der Waals surface area contributed by atoms with Gasteiger partial charge >= 0.3 is 0 Å². The van der Waals surface area contributed by atoms with E-state index in [9.17, 15) is 13.6 Å². The molecule has 1 N–H and O–H groups in total. The molecule has 72 valence electrons. The van der Waals surface area contributed by atoms with Crippen molar-refractivity contribution in [3.8, 4) is 0 Å². The molecule has 1 aromatic heterocycles. The fraction of sp³-hybridized carbons (Fsp3) is 0.286. The number of aromatic amines is 1. The van der Waals surface area contributed by atoms with Crippen LogP contribution in [0.3, 0.4) is 0 Å². The molecule has 0 unspecified atom stereocenters. The summed E-state index contributed by atoms with van der Waals surface area (Å²) >= 11 is 8.30. The third-order valence-corrected chi connectivity index (χ3v) is 2.38. The summed E-state index contributed by atoms with van der Waals surface area (Å²) in [7, 11) is 0. The number of nitrogens with one attached hydrogen (secondary N) is 1. The molecule has 13 heavy (non-hydrogen) atoms. The highest BCUT2D eigenvalue weighted by molar-refractivity contribution is 9.10. The Kier molecular flexibility index (Phi) is 3.44. The second kappa shape index (κ2) is 4.19. The lowest BCUT2D eigenvalue weighted by atomic mass is 10.2. The van der Waals surface area contributed by atoms with Crippen LogP contribution in [-0.4, -0.2) is 4.98 Å². The Balaban J connectivity index is 3.39. The number of pyridine rings is 1. The molecule has 0 atom stereocenters. The molecule has 0 saturated heterocycles. The number of hydrogen-bond donors (Lipinski definition) is 1. The zero-order chi connectivity index (χ0) is 10.0. The zero-order valence-corrected chi connectivity index (χ0v) is 8.62. The smallest absolute Gasteiger partial charge is 0.278 e. The quantitative estimate of drug-likeness (QED) is 0.825. The number of halogens is 4. The molecule has 1 aromatic rings. The minimum Gasteiger partial charge on any atom is -0.359 e. The van der Waals surface area contributed by atoms with E-state index < -0.39 is 17.5 Å². The monoisotopic (exact) mass is 271 g/mol. The highest BCUT2D eigenvalue weighted by Crippen LogP contribution is 2.20. The first-order valence-corrected chi connectivity index (χ1v) is 4.64. The van der Waals surface area contributed by atoms with Gasteiger partial charge in [-0.3, -0.25) is 4.79 Å². The summed E-state index contributed by atoms with van der Waals surface area (Å²) < 4.78 is 24.8. The van der Waals surface area contributed by atoms with Crippen molar-refractivity contribution in [2.24, 2.45) is 0 Å².